The summed E-state index contributed by atoms with van der Waals surface area (Å²) in [6.07, 6.45) is 4.35. The first-order chi connectivity index (χ1) is 11.1. The van der Waals surface area contributed by atoms with Crippen LogP contribution in [0.25, 0.3) is 0 Å². The molecule has 124 valence electrons. The molecular formula is C16H22N4O2S. The molecule has 2 heterocycles. The summed E-state index contributed by atoms with van der Waals surface area (Å²) >= 11 is 0. The van der Waals surface area contributed by atoms with E-state index < -0.39 is 10.0 Å². The number of aryl methyl sites for hydroxylation is 1. The van der Waals surface area contributed by atoms with E-state index in [1.807, 2.05) is 10.6 Å². The van der Waals surface area contributed by atoms with Crippen molar-refractivity contribution in [2.75, 3.05) is 13.1 Å². The number of sulfonamides is 1. The average Bonchev–Trinajstić information content (AvgIpc) is 3.03. The number of piperidine rings is 1. The van der Waals surface area contributed by atoms with E-state index in [0.29, 0.717) is 23.9 Å². The molecule has 1 aliphatic rings. The summed E-state index contributed by atoms with van der Waals surface area (Å²) in [6.45, 7) is 4.08. The Balaban J connectivity index is 1.62. The van der Waals surface area contributed by atoms with Gasteiger partial charge in [-0.1, -0.05) is 18.2 Å². The van der Waals surface area contributed by atoms with Crippen molar-refractivity contribution >= 4 is 10.0 Å². The number of aromatic nitrogens is 3. The average molecular weight is 334 g/mol. The Labute approximate surface area is 137 Å². The summed E-state index contributed by atoms with van der Waals surface area (Å²) in [4.78, 5) is 0.379. The Morgan fingerprint density at radius 1 is 1.17 bits per heavy atom. The largest absolute Gasteiger partial charge is 0.318 e. The molecule has 0 atom stereocenters. The number of rotatable bonds is 5. The molecule has 1 aliphatic heterocycles. The fourth-order valence-electron chi connectivity index (χ4n) is 3.05. The second-order valence-corrected chi connectivity index (χ2v) is 7.84. The van der Waals surface area contributed by atoms with Crippen molar-refractivity contribution in [3.05, 3.63) is 42.5 Å². The lowest BCUT2D eigenvalue weighted by Crippen LogP contribution is -2.39. The molecule has 0 N–H and O–H groups in total. The molecule has 0 unspecified atom stereocenters. The monoisotopic (exact) mass is 334 g/mol. The van der Waals surface area contributed by atoms with Crippen LogP contribution in [0.3, 0.4) is 0 Å². The third-order valence-electron chi connectivity index (χ3n) is 4.46. The Hall–Kier alpha value is -1.73. The summed E-state index contributed by atoms with van der Waals surface area (Å²) in [7, 11) is -3.36. The molecule has 0 radical (unpaired) electrons. The highest BCUT2D eigenvalue weighted by Gasteiger charge is 2.29. The molecule has 0 saturated carbocycles. The van der Waals surface area contributed by atoms with Crippen LogP contribution >= 0.6 is 0 Å². The molecule has 23 heavy (non-hydrogen) atoms. The summed E-state index contributed by atoms with van der Waals surface area (Å²) in [5.74, 6) is 1.46. The number of benzene rings is 1. The van der Waals surface area contributed by atoms with Crippen molar-refractivity contribution in [1.29, 1.82) is 0 Å². The lowest BCUT2D eigenvalue weighted by atomic mass is 9.94. The van der Waals surface area contributed by atoms with E-state index >= 15 is 0 Å². The quantitative estimate of drug-likeness (QED) is 0.838. The fraction of sp³-hybridized carbons (Fsp3) is 0.500. The standard InChI is InChI=1S/C16H22N4O2S/c1-2-19-13-17-18-16(19)12-14-8-10-20(11-9-14)23(21,22)15-6-4-3-5-7-15/h3-7,13-14H,2,8-12H2,1H3. The first-order valence-electron chi connectivity index (χ1n) is 8.03. The van der Waals surface area contributed by atoms with Crippen molar-refractivity contribution in [3.8, 4) is 0 Å². The first-order valence-corrected chi connectivity index (χ1v) is 9.47. The normalized spacial score (nSPS) is 17.4. The van der Waals surface area contributed by atoms with Gasteiger partial charge in [0.25, 0.3) is 0 Å². The van der Waals surface area contributed by atoms with Crippen LogP contribution in [-0.4, -0.2) is 40.6 Å². The molecule has 6 nitrogen and oxygen atoms in total. The number of hydrogen-bond acceptors (Lipinski definition) is 4. The predicted molar refractivity (Wildman–Crippen MR) is 87.3 cm³/mol. The highest BCUT2D eigenvalue weighted by Crippen LogP contribution is 2.25. The molecule has 0 aliphatic carbocycles. The van der Waals surface area contributed by atoms with Gasteiger partial charge < -0.3 is 4.57 Å². The van der Waals surface area contributed by atoms with Gasteiger partial charge in [-0.3, -0.25) is 0 Å². The van der Waals surface area contributed by atoms with Gasteiger partial charge in [0.15, 0.2) is 0 Å². The minimum Gasteiger partial charge on any atom is -0.318 e. The number of hydrogen-bond donors (Lipinski definition) is 0. The second-order valence-electron chi connectivity index (χ2n) is 5.90. The van der Waals surface area contributed by atoms with Crippen LogP contribution in [0.5, 0.6) is 0 Å². The SMILES string of the molecule is CCn1cnnc1CC1CCN(S(=O)(=O)c2ccccc2)CC1. The van der Waals surface area contributed by atoms with Crippen LogP contribution in [-0.2, 0) is 23.0 Å². The van der Waals surface area contributed by atoms with E-state index in [2.05, 4.69) is 17.1 Å². The molecular weight excluding hydrogens is 312 g/mol. The van der Waals surface area contributed by atoms with Crippen LogP contribution < -0.4 is 0 Å². The highest BCUT2D eigenvalue weighted by atomic mass is 32.2. The van der Waals surface area contributed by atoms with E-state index in [4.69, 9.17) is 0 Å². The van der Waals surface area contributed by atoms with Gasteiger partial charge in [0.1, 0.15) is 12.2 Å². The molecule has 1 aromatic heterocycles. The van der Waals surface area contributed by atoms with Gasteiger partial charge in [0.2, 0.25) is 10.0 Å². The minimum atomic E-state index is -3.36. The molecule has 0 spiro atoms. The lowest BCUT2D eigenvalue weighted by molar-refractivity contribution is 0.269. The van der Waals surface area contributed by atoms with Crippen LogP contribution in [0.2, 0.25) is 0 Å². The third kappa shape index (κ3) is 3.45. The van der Waals surface area contributed by atoms with Gasteiger partial charge in [-0.15, -0.1) is 10.2 Å². The Morgan fingerprint density at radius 2 is 1.87 bits per heavy atom. The zero-order chi connectivity index (χ0) is 16.3. The summed E-state index contributed by atoms with van der Waals surface area (Å²) < 4.78 is 28.9. The predicted octanol–water partition coefficient (Wildman–Crippen LogP) is 1.94. The molecule has 0 amide bonds. The Morgan fingerprint density at radius 3 is 2.52 bits per heavy atom. The zero-order valence-corrected chi connectivity index (χ0v) is 14.1. The van der Waals surface area contributed by atoms with Gasteiger partial charge >= 0.3 is 0 Å². The molecule has 7 heteroatoms. The van der Waals surface area contributed by atoms with Gasteiger partial charge in [0.05, 0.1) is 4.90 Å². The molecule has 2 aromatic rings. The van der Waals surface area contributed by atoms with Crippen molar-refractivity contribution in [2.24, 2.45) is 5.92 Å². The van der Waals surface area contributed by atoms with E-state index in [9.17, 15) is 8.42 Å². The van der Waals surface area contributed by atoms with Crippen LogP contribution in [0.1, 0.15) is 25.6 Å². The van der Waals surface area contributed by atoms with E-state index in [0.717, 1.165) is 31.6 Å². The zero-order valence-electron chi connectivity index (χ0n) is 13.3. The van der Waals surface area contributed by atoms with Crippen molar-refractivity contribution in [3.63, 3.8) is 0 Å². The summed E-state index contributed by atoms with van der Waals surface area (Å²) in [5.41, 5.74) is 0. The Kier molecular flexibility index (Phi) is 4.77. The molecule has 3 rings (SSSR count). The third-order valence-corrected chi connectivity index (χ3v) is 6.38. The fourth-order valence-corrected chi connectivity index (χ4v) is 4.55. The Bertz CT molecular complexity index is 734. The van der Waals surface area contributed by atoms with Crippen LogP contribution in [0.15, 0.2) is 41.6 Å². The van der Waals surface area contributed by atoms with Crippen molar-refractivity contribution < 1.29 is 8.42 Å². The van der Waals surface area contributed by atoms with E-state index in [-0.39, 0.29) is 0 Å². The van der Waals surface area contributed by atoms with Crippen LogP contribution in [0, 0.1) is 5.92 Å². The number of nitrogens with zero attached hydrogens (tertiary/aromatic N) is 4. The highest BCUT2D eigenvalue weighted by molar-refractivity contribution is 7.89. The smallest absolute Gasteiger partial charge is 0.243 e. The van der Waals surface area contributed by atoms with Gasteiger partial charge in [-0.25, -0.2) is 8.42 Å². The maximum absolute atomic E-state index is 12.6. The second kappa shape index (κ2) is 6.80. The summed E-state index contributed by atoms with van der Waals surface area (Å²) in [5, 5.41) is 8.14. The van der Waals surface area contributed by atoms with Gasteiger partial charge in [0, 0.05) is 26.1 Å². The molecule has 1 aromatic carbocycles. The molecule has 1 fully saturated rings. The molecule has 1 saturated heterocycles. The first kappa shape index (κ1) is 16.1. The van der Waals surface area contributed by atoms with Gasteiger partial charge in [-0.2, -0.15) is 4.31 Å². The summed E-state index contributed by atoms with van der Waals surface area (Å²) in [6, 6.07) is 8.67. The lowest BCUT2D eigenvalue weighted by Gasteiger charge is -2.31. The minimum absolute atomic E-state index is 0.379. The van der Waals surface area contributed by atoms with E-state index in [1.54, 1.807) is 34.9 Å². The van der Waals surface area contributed by atoms with Crippen molar-refractivity contribution in [1.82, 2.24) is 19.1 Å². The van der Waals surface area contributed by atoms with Gasteiger partial charge in [-0.05, 0) is 37.8 Å². The topological polar surface area (TPSA) is 68.1 Å². The maximum atomic E-state index is 12.6. The van der Waals surface area contributed by atoms with Crippen LogP contribution in [0.4, 0.5) is 0 Å². The van der Waals surface area contributed by atoms with Crippen molar-refractivity contribution in [2.45, 2.75) is 37.6 Å². The molecule has 0 bridgehead atoms. The maximum Gasteiger partial charge on any atom is 0.243 e. The van der Waals surface area contributed by atoms with E-state index in [1.165, 1.54) is 0 Å².